The van der Waals surface area contributed by atoms with E-state index in [0.29, 0.717) is 16.8 Å². The van der Waals surface area contributed by atoms with Gasteiger partial charge in [-0.1, -0.05) is 30.0 Å². The summed E-state index contributed by atoms with van der Waals surface area (Å²) in [6, 6.07) is 12.7. The van der Waals surface area contributed by atoms with Gasteiger partial charge in [-0.15, -0.1) is 10.2 Å². The summed E-state index contributed by atoms with van der Waals surface area (Å²) in [6.07, 6.45) is 3.73. The molecule has 9 heteroatoms. The van der Waals surface area contributed by atoms with Crippen LogP contribution in [0.25, 0.3) is 5.69 Å². The Hall–Kier alpha value is -3.07. The Morgan fingerprint density at radius 2 is 1.96 bits per heavy atom. The van der Waals surface area contributed by atoms with Crippen LogP contribution in [0.15, 0.2) is 58.3 Å². The van der Waals surface area contributed by atoms with E-state index >= 15 is 0 Å². The molecule has 2 heterocycles. The third-order valence-electron chi connectivity index (χ3n) is 4.20. The SMILES string of the molecule is O=C(CSc1nnc(C2CC2)n1-c1ccccc1)NC(=O)NCc1ccco1. The van der Waals surface area contributed by atoms with Crippen LogP contribution in [0.2, 0.25) is 0 Å². The van der Waals surface area contributed by atoms with E-state index in [1.807, 2.05) is 34.9 Å². The number of furan rings is 1. The predicted molar refractivity (Wildman–Crippen MR) is 103 cm³/mol. The normalized spacial score (nSPS) is 13.3. The highest BCUT2D eigenvalue weighted by Gasteiger charge is 2.31. The molecule has 28 heavy (non-hydrogen) atoms. The van der Waals surface area contributed by atoms with Crippen molar-refractivity contribution in [3.63, 3.8) is 0 Å². The fraction of sp³-hybridized carbons (Fsp3) is 0.263. The average Bonchev–Trinajstić information content (AvgIpc) is 3.25. The van der Waals surface area contributed by atoms with Crippen LogP contribution in [0.3, 0.4) is 0 Å². The summed E-state index contributed by atoms with van der Waals surface area (Å²) in [5, 5.41) is 14.1. The van der Waals surface area contributed by atoms with Crippen LogP contribution >= 0.6 is 11.8 Å². The third-order valence-corrected chi connectivity index (χ3v) is 5.13. The standard InChI is InChI=1S/C19H19N5O3S/c25-16(21-18(26)20-11-15-7-4-10-27-15)12-28-19-23-22-17(13-8-9-13)24(19)14-5-2-1-3-6-14/h1-7,10,13H,8-9,11-12H2,(H2,20,21,25,26). The molecule has 144 valence electrons. The van der Waals surface area contributed by atoms with Gasteiger partial charge in [0.1, 0.15) is 11.6 Å². The van der Waals surface area contributed by atoms with Crippen molar-refractivity contribution in [3.8, 4) is 5.69 Å². The molecule has 2 N–H and O–H groups in total. The molecule has 0 aliphatic heterocycles. The van der Waals surface area contributed by atoms with Crippen LogP contribution in [0, 0.1) is 0 Å². The molecule has 3 amide bonds. The number of hydrogen-bond acceptors (Lipinski definition) is 6. The van der Waals surface area contributed by atoms with Gasteiger partial charge < -0.3 is 9.73 Å². The molecule has 0 saturated heterocycles. The first-order valence-corrected chi connectivity index (χ1v) is 9.93. The Bertz CT molecular complexity index is 951. The average molecular weight is 397 g/mol. The summed E-state index contributed by atoms with van der Waals surface area (Å²) in [6.45, 7) is 0.215. The number of carbonyl (C=O) groups is 2. The van der Waals surface area contributed by atoms with Gasteiger partial charge in [-0.05, 0) is 37.1 Å². The zero-order valence-electron chi connectivity index (χ0n) is 15.0. The van der Waals surface area contributed by atoms with Gasteiger partial charge in [-0.3, -0.25) is 14.7 Å². The van der Waals surface area contributed by atoms with Crippen LogP contribution in [0.1, 0.15) is 30.3 Å². The van der Waals surface area contributed by atoms with E-state index in [-0.39, 0.29) is 12.3 Å². The number of hydrogen-bond donors (Lipinski definition) is 2. The maximum Gasteiger partial charge on any atom is 0.321 e. The molecule has 0 radical (unpaired) electrons. The molecule has 1 fully saturated rings. The summed E-state index contributed by atoms with van der Waals surface area (Å²) < 4.78 is 7.12. The van der Waals surface area contributed by atoms with E-state index in [1.54, 1.807) is 12.1 Å². The van der Waals surface area contributed by atoms with Crippen molar-refractivity contribution in [1.29, 1.82) is 0 Å². The van der Waals surface area contributed by atoms with Gasteiger partial charge in [0.05, 0.1) is 18.6 Å². The van der Waals surface area contributed by atoms with Crippen LogP contribution in [-0.4, -0.2) is 32.5 Å². The molecular formula is C19H19N5O3S. The van der Waals surface area contributed by atoms with Crippen molar-refractivity contribution < 1.29 is 14.0 Å². The fourth-order valence-corrected chi connectivity index (χ4v) is 3.48. The number of benzene rings is 1. The lowest BCUT2D eigenvalue weighted by atomic mass is 10.3. The van der Waals surface area contributed by atoms with E-state index in [0.717, 1.165) is 24.4 Å². The first kappa shape index (κ1) is 18.3. The monoisotopic (exact) mass is 397 g/mol. The number of thioether (sulfide) groups is 1. The van der Waals surface area contributed by atoms with Crippen molar-refractivity contribution >= 4 is 23.7 Å². The minimum Gasteiger partial charge on any atom is -0.467 e. The number of aromatic nitrogens is 3. The second-order valence-electron chi connectivity index (χ2n) is 6.38. The smallest absolute Gasteiger partial charge is 0.321 e. The molecule has 2 aromatic heterocycles. The topological polar surface area (TPSA) is 102 Å². The van der Waals surface area contributed by atoms with Crippen LogP contribution in [0.5, 0.6) is 0 Å². The molecule has 0 unspecified atom stereocenters. The lowest BCUT2D eigenvalue weighted by Gasteiger charge is -2.09. The second-order valence-corrected chi connectivity index (χ2v) is 7.33. The van der Waals surface area contributed by atoms with E-state index in [4.69, 9.17) is 4.42 Å². The summed E-state index contributed by atoms with van der Waals surface area (Å²) in [5.74, 6) is 1.61. The molecule has 8 nitrogen and oxygen atoms in total. The van der Waals surface area contributed by atoms with Crippen molar-refractivity contribution in [3.05, 3.63) is 60.3 Å². The molecule has 1 aliphatic carbocycles. The number of rotatable bonds is 7. The van der Waals surface area contributed by atoms with Gasteiger partial charge in [-0.25, -0.2) is 4.79 Å². The molecule has 1 aliphatic rings. The lowest BCUT2D eigenvalue weighted by Crippen LogP contribution is -2.39. The maximum absolute atomic E-state index is 12.1. The quantitative estimate of drug-likeness (QED) is 0.595. The molecule has 3 aromatic rings. The predicted octanol–water partition coefficient (Wildman–Crippen LogP) is 2.86. The number of nitrogens with one attached hydrogen (secondary N) is 2. The van der Waals surface area contributed by atoms with E-state index in [1.165, 1.54) is 18.0 Å². The second kappa shape index (κ2) is 8.30. The van der Waals surface area contributed by atoms with Crippen LogP contribution in [0.4, 0.5) is 4.79 Å². The van der Waals surface area contributed by atoms with E-state index < -0.39 is 11.9 Å². The van der Waals surface area contributed by atoms with E-state index in [9.17, 15) is 9.59 Å². The minimum atomic E-state index is -0.565. The molecule has 4 rings (SSSR count). The van der Waals surface area contributed by atoms with Gasteiger partial charge in [0.15, 0.2) is 5.16 Å². The number of para-hydroxylation sites is 1. The van der Waals surface area contributed by atoms with Gasteiger partial charge in [-0.2, -0.15) is 0 Å². The molecule has 1 aromatic carbocycles. The largest absolute Gasteiger partial charge is 0.467 e. The zero-order valence-corrected chi connectivity index (χ0v) is 15.8. The van der Waals surface area contributed by atoms with Crippen molar-refractivity contribution in [2.45, 2.75) is 30.5 Å². The van der Waals surface area contributed by atoms with Gasteiger partial charge in [0.25, 0.3) is 0 Å². The van der Waals surface area contributed by atoms with E-state index in [2.05, 4.69) is 20.8 Å². The van der Waals surface area contributed by atoms with Gasteiger partial charge in [0, 0.05) is 11.6 Å². The Morgan fingerprint density at radius 1 is 1.14 bits per heavy atom. The van der Waals surface area contributed by atoms with Gasteiger partial charge >= 0.3 is 6.03 Å². The maximum atomic E-state index is 12.1. The highest BCUT2D eigenvalue weighted by Crippen LogP contribution is 2.41. The van der Waals surface area contributed by atoms with Crippen molar-refractivity contribution in [2.75, 3.05) is 5.75 Å². The Kier molecular flexibility index (Phi) is 5.43. The molecule has 1 saturated carbocycles. The summed E-state index contributed by atoms with van der Waals surface area (Å²) in [7, 11) is 0. The first-order valence-electron chi connectivity index (χ1n) is 8.94. The Labute approximate surface area is 165 Å². The number of imide groups is 1. The Morgan fingerprint density at radius 3 is 2.68 bits per heavy atom. The van der Waals surface area contributed by atoms with Gasteiger partial charge in [0.2, 0.25) is 5.91 Å². The fourth-order valence-electron chi connectivity index (χ4n) is 2.72. The first-order chi connectivity index (χ1) is 13.7. The number of amides is 3. The summed E-state index contributed by atoms with van der Waals surface area (Å²) >= 11 is 1.25. The molecule has 0 bridgehead atoms. The zero-order chi connectivity index (χ0) is 19.3. The number of urea groups is 1. The molecular weight excluding hydrogens is 378 g/mol. The van der Waals surface area contributed by atoms with Crippen LogP contribution in [-0.2, 0) is 11.3 Å². The van der Waals surface area contributed by atoms with Crippen molar-refractivity contribution in [1.82, 2.24) is 25.4 Å². The minimum absolute atomic E-state index is 0.0593. The lowest BCUT2D eigenvalue weighted by molar-refractivity contribution is -0.117. The third kappa shape index (κ3) is 4.42. The molecule has 0 spiro atoms. The highest BCUT2D eigenvalue weighted by molar-refractivity contribution is 7.99. The summed E-state index contributed by atoms with van der Waals surface area (Å²) in [4.78, 5) is 23.9. The Balaban J connectivity index is 1.35. The molecule has 0 atom stereocenters. The number of nitrogens with zero attached hydrogens (tertiary/aromatic N) is 3. The summed E-state index contributed by atoms with van der Waals surface area (Å²) in [5.41, 5.74) is 0.966. The highest BCUT2D eigenvalue weighted by atomic mass is 32.2. The van der Waals surface area contributed by atoms with Crippen molar-refractivity contribution in [2.24, 2.45) is 0 Å². The van der Waals surface area contributed by atoms with Crippen LogP contribution < -0.4 is 10.6 Å². The number of carbonyl (C=O) groups excluding carboxylic acids is 2.